The number of anilines is 1. The third-order valence-electron chi connectivity index (χ3n) is 5.66. The summed E-state index contributed by atoms with van der Waals surface area (Å²) in [5.74, 6) is 0.0719. The fourth-order valence-electron chi connectivity index (χ4n) is 3.80. The highest BCUT2D eigenvalue weighted by Gasteiger charge is 2.21. The SMILES string of the molecule is Cc1ccc(CN2CCc3nc(SCC(=O)Nc4cc(C)ccc4C)[nH]c(=O)c3C2)cc1. The highest BCUT2D eigenvalue weighted by molar-refractivity contribution is 7.99. The van der Waals surface area contributed by atoms with Crippen LogP contribution < -0.4 is 10.9 Å². The zero-order valence-electron chi connectivity index (χ0n) is 18.7. The standard InChI is InChI=1S/C25H28N4O2S/c1-16-5-8-19(9-6-16)13-29-11-10-21-20(14-29)24(31)28-25(27-21)32-15-23(30)26-22-12-17(2)4-7-18(22)3/h4-9,12H,10-11,13-15H2,1-3H3,(H,26,30)(H,27,28,31). The number of hydrogen-bond donors (Lipinski definition) is 2. The molecule has 4 rings (SSSR count). The number of nitrogens with zero attached hydrogens (tertiary/aromatic N) is 2. The molecule has 0 saturated heterocycles. The Labute approximate surface area is 192 Å². The van der Waals surface area contributed by atoms with Crippen molar-refractivity contribution >= 4 is 23.4 Å². The number of aryl methyl sites for hydroxylation is 3. The summed E-state index contributed by atoms with van der Waals surface area (Å²) in [6, 6.07) is 14.5. The van der Waals surface area contributed by atoms with Gasteiger partial charge in [-0.3, -0.25) is 14.5 Å². The van der Waals surface area contributed by atoms with Crippen molar-refractivity contribution in [2.75, 3.05) is 17.6 Å². The van der Waals surface area contributed by atoms with E-state index in [4.69, 9.17) is 0 Å². The second-order valence-corrected chi connectivity index (χ2v) is 9.36. The zero-order chi connectivity index (χ0) is 22.7. The van der Waals surface area contributed by atoms with Crippen LogP contribution in [0.25, 0.3) is 0 Å². The van der Waals surface area contributed by atoms with Gasteiger partial charge in [-0.05, 0) is 43.5 Å². The van der Waals surface area contributed by atoms with Crippen molar-refractivity contribution in [1.82, 2.24) is 14.9 Å². The van der Waals surface area contributed by atoms with Crippen LogP contribution in [0.1, 0.15) is 33.5 Å². The van der Waals surface area contributed by atoms with E-state index in [-0.39, 0.29) is 17.2 Å². The number of carbonyl (C=O) groups excluding carboxylic acids is 1. The van der Waals surface area contributed by atoms with Crippen molar-refractivity contribution in [3.05, 3.63) is 86.3 Å². The van der Waals surface area contributed by atoms with E-state index in [1.165, 1.54) is 22.9 Å². The molecular formula is C25H28N4O2S. The third-order valence-corrected chi connectivity index (χ3v) is 6.53. The topological polar surface area (TPSA) is 78.1 Å². The number of amides is 1. The molecule has 0 fully saturated rings. The first-order valence-corrected chi connectivity index (χ1v) is 11.8. The van der Waals surface area contributed by atoms with Gasteiger partial charge in [0.25, 0.3) is 5.56 Å². The van der Waals surface area contributed by atoms with E-state index in [1.54, 1.807) is 0 Å². The van der Waals surface area contributed by atoms with Crippen LogP contribution in [-0.4, -0.2) is 33.1 Å². The number of carbonyl (C=O) groups is 1. The van der Waals surface area contributed by atoms with E-state index >= 15 is 0 Å². The molecule has 0 atom stereocenters. The second kappa shape index (κ2) is 9.71. The molecular weight excluding hydrogens is 420 g/mol. The molecule has 0 aliphatic carbocycles. The fourth-order valence-corrected chi connectivity index (χ4v) is 4.48. The molecule has 6 nitrogen and oxygen atoms in total. The minimum Gasteiger partial charge on any atom is -0.325 e. The van der Waals surface area contributed by atoms with Gasteiger partial charge < -0.3 is 10.3 Å². The van der Waals surface area contributed by atoms with E-state index in [1.807, 2.05) is 32.0 Å². The number of hydrogen-bond acceptors (Lipinski definition) is 5. The van der Waals surface area contributed by atoms with Crippen LogP contribution in [0, 0.1) is 20.8 Å². The molecule has 1 amide bonds. The molecule has 2 aromatic carbocycles. The van der Waals surface area contributed by atoms with Gasteiger partial charge in [-0.25, -0.2) is 4.98 Å². The van der Waals surface area contributed by atoms with Crippen LogP contribution >= 0.6 is 11.8 Å². The molecule has 1 aliphatic heterocycles. The van der Waals surface area contributed by atoms with Gasteiger partial charge in [0.2, 0.25) is 5.91 Å². The Kier molecular flexibility index (Phi) is 6.77. The molecule has 166 valence electrons. The minimum absolute atomic E-state index is 0.110. The third kappa shape index (κ3) is 5.47. The molecule has 0 radical (unpaired) electrons. The van der Waals surface area contributed by atoms with Gasteiger partial charge in [0.05, 0.1) is 17.0 Å². The first-order chi connectivity index (χ1) is 15.4. The fraction of sp³-hybridized carbons (Fsp3) is 0.320. The Balaban J connectivity index is 1.37. The van der Waals surface area contributed by atoms with Crippen molar-refractivity contribution in [3.8, 4) is 0 Å². The summed E-state index contributed by atoms with van der Waals surface area (Å²) in [7, 11) is 0. The Hall–Kier alpha value is -2.90. The van der Waals surface area contributed by atoms with Crippen molar-refractivity contribution < 1.29 is 4.79 Å². The smallest absolute Gasteiger partial charge is 0.256 e. The summed E-state index contributed by atoms with van der Waals surface area (Å²) < 4.78 is 0. The number of nitrogens with one attached hydrogen (secondary N) is 2. The molecule has 32 heavy (non-hydrogen) atoms. The molecule has 2 heterocycles. The number of rotatable bonds is 6. The van der Waals surface area contributed by atoms with Gasteiger partial charge >= 0.3 is 0 Å². The van der Waals surface area contributed by atoms with E-state index in [2.05, 4.69) is 51.4 Å². The molecule has 0 saturated carbocycles. The van der Waals surface area contributed by atoms with E-state index < -0.39 is 0 Å². The summed E-state index contributed by atoms with van der Waals surface area (Å²) in [6.45, 7) is 8.29. The lowest BCUT2D eigenvalue weighted by Gasteiger charge is -2.27. The second-order valence-electron chi connectivity index (χ2n) is 8.40. The average Bonchev–Trinajstić information content (AvgIpc) is 2.77. The average molecular weight is 449 g/mol. The van der Waals surface area contributed by atoms with Gasteiger partial charge in [0.1, 0.15) is 0 Å². The molecule has 0 spiro atoms. The molecule has 2 N–H and O–H groups in total. The maximum Gasteiger partial charge on any atom is 0.256 e. The van der Waals surface area contributed by atoms with Crippen LogP contribution in [0.15, 0.2) is 52.4 Å². The molecule has 0 unspecified atom stereocenters. The van der Waals surface area contributed by atoms with Gasteiger partial charge in [-0.15, -0.1) is 0 Å². The van der Waals surface area contributed by atoms with Gasteiger partial charge in [-0.1, -0.05) is 53.7 Å². The van der Waals surface area contributed by atoms with Gasteiger partial charge in [0.15, 0.2) is 5.16 Å². The predicted octanol–water partition coefficient (Wildman–Crippen LogP) is 3.98. The van der Waals surface area contributed by atoms with Crippen molar-refractivity contribution in [2.24, 2.45) is 0 Å². The van der Waals surface area contributed by atoms with Crippen LogP contribution in [0.2, 0.25) is 0 Å². The number of fused-ring (bicyclic) bond motifs is 1. The summed E-state index contributed by atoms with van der Waals surface area (Å²) in [4.78, 5) is 34.9. The number of thioether (sulfide) groups is 1. The van der Waals surface area contributed by atoms with E-state index in [0.717, 1.165) is 47.6 Å². The number of aromatic nitrogens is 2. The van der Waals surface area contributed by atoms with E-state index in [9.17, 15) is 9.59 Å². The predicted molar refractivity (Wildman–Crippen MR) is 129 cm³/mol. The summed E-state index contributed by atoms with van der Waals surface area (Å²) in [5.41, 5.74) is 6.87. The largest absolute Gasteiger partial charge is 0.325 e. The van der Waals surface area contributed by atoms with Crippen molar-refractivity contribution in [2.45, 2.75) is 45.4 Å². The van der Waals surface area contributed by atoms with Crippen molar-refractivity contribution in [1.29, 1.82) is 0 Å². The first-order valence-electron chi connectivity index (χ1n) is 10.8. The molecule has 7 heteroatoms. The number of H-pyrrole nitrogens is 1. The Morgan fingerprint density at radius 1 is 1.12 bits per heavy atom. The van der Waals surface area contributed by atoms with Crippen LogP contribution in [0.3, 0.4) is 0 Å². The maximum absolute atomic E-state index is 12.7. The summed E-state index contributed by atoms with van der Waals surface area (Å²) in [6.07, 6.45) is 0.730. The summed E-state index contributed by atoms with van der Waals surface area (Å²) in [5, 5.41) is 3.44. The van der Waals surface area contributed by atoms with Crippen LogP contribution in [-0.2, 0) is 24.3 Å². The zero-order valence-corrected chi connectivity index (χ0v) is 19.5. The quantitative estimate of drug-likeness (QED) is 0.441. The maximum atomic E-state index is 12.7. The lowest BCUT2D eigenvalue weighted by molar-refractivity contribution is -0.113. The lowest BCUT2D eigenvalue weighted by atomic mass is 10.1. The number of aromatic amines is 1. The highest BCUT2D eigenvalue weighted by Crippen LogP contribution is 2.21. The monoisotopic (exact) mass is 448 g/mol. The molecule has 0 bridgehead atoms. The van der Waals surface area contributed by atoms with Crippen LogP contribution in [0.4, 0.5) is 5.69 Å². The minimum atomic E-state index is -0.117. The first kappa shape index (κ1) is 22.3. The molecule has 1 aromatic heterocycles. The van der Waals surface area contributed by atoms with Crippen LogP contribution in [0.5, 0.6) is 0 Å². The van der Waals surface area contributed by atoms with E-state index in [0.29, 0.717) is 11.7 Å². The van der Waals surface area contributed by atoms with Crippen molar-refractivity contribution in [3.63, 3.8) is 0 Å². The highest BCUT2D eigenvalue weighted by atomic mass is 32.2. The molecule has 1 aliphatic rings. The van der Waals surface area contributed by atoms with Gasteiger partial charge in [0, 0.05) is 31.7 Å². The number of benzene rings is 2. The Morgan fingerprint density at radius 2 is 1.88 bits per heavy atom. The lowest BCUT2D eigenvalue weighted by Crippen LogP contribution is -2.35. The Bertz CT molecular complexity index is 1190. The van der Waals surface area contributed by atoms with Gasteiger partial charge in [-0.2, -0.15) is 0 Å². The summed E-state index contributed by atoms with van der Waals surface area (Å²) >= 11 is 1.26. The molecule has 3 aromatic rings. The Morgan fingerprint density at radius 3 is 2.66 bits per heavy atom. The normalized spacial score (nSPS) is 13.6.